The molecule has 0 amide bonds. The predicted molar refractivity (Wildman–Crippen MR) is 171 cm³/mol. The second kappa shape index (κ2) is 7.96. The maximum Gasteiger partial charge on any atom is 0.252 e. The summed E-state index contributed by atoms with van der Waals surface area (Å²) in [4.78, 5) is 5.46. The van der Waals surface area contributed by atoms with E-state index >= 15 is 0 Å². The van der Waals surface area contributed by atoms with Crippen LogP contribution in [0.15, 0.2) is 36.4 Å². The van der Waals surface area contributed by atoms with Gasteiger partial charge in [-0.05, 0) is 98.3 Å². The fourth-order valence-electron chi connectivity index (χ4n) is 8.13. The van der Waals surface area contributed by atoms with Crippen LogP contribution in [0.25, 0.3) is 0 Å². The van der Waals surface area contributed by atoms with Gasteiger partial charge in [-0.15, -0.1) is 0 Å². The van der Waals surface area contributed by atoms with Crippen molar-refractivity contribution in [2.75, 3.05) is 22.9 Å². The smallest absolute Gasteiger partial charge is 0.252 e. The Kier molecular flexibility index (Phi) is 5.16. The summed E-state index contributed by atoms with van der Waals surface area (Å²) in [5, 5.41) is 0. The third-order valence-corrected chi connectivity index (χ3v) is 9.90. The van der Waals surface area contributed by atoms with Crippen LogP contribution >= 0.6 is 0 Å². The lowest BCUT2D eigenvalue weighted by Gasteiger charge is -2.49. The van der Waals surface area contributed by atoms with Gasteiger partial charge in [0.15, 0.2) is 0 Å². The highest BCUT2D eigenvalue weighted by molar-refractivity contribution is 7.00. The molecule has 0 atom stereocenters. The highest BCUT2D eigenvalue weighted by atomic mass is 15.2. The third kappa shape index (κ3) is 3.54. The van der Waals surface area contributed by atoms with Gasteiger partial charge in [-0.2, -0.15) is 0 Å². The van der Waals surface area contributed by atoms with Gasteiger partial charge in [0, 0.05) is 35.8 Å². The Morgan fingerprint density at radius 1 is 0.590 bits per heavy atom. The highest BCUT2D eigenvalue weighted by Crippen LogP contribution is 2.47. The molecule has 39 heavy (non-hydrogen) atoms. The van der Waals surface area contributed by atoms with Gasteiger partial charge < -0.3 is 9.80 Å². The van der Waals surface area contributed by atoms with E-state index in [2.05, 4.69) is 109 Å². The molecule has 2 nitrogen and oxygen atoms in total. The first-order chi connectivity index (χ1) is 18.3. The van der Waals surface area contributed by atoms with E-state index < -0.39 is 0 Å². The van der Waals surface area contributed by atoms with Crippen molar-refractivity contribution >= 4 is 45.9 Å². The summed E-state index contributed by atoms with van der Waals surface area (Å²) in [5.41, 5.74) is 18.7. The van der Waals surface area contributed by atoms with E-state index in [4.69, 9.17) is 0 Å². The molecule has 3 heteroatoms. The average molecular weight is 517 g/mol. The zero-order chi connectivity index (χ0) is 27.6. The van der Waals surface area contributed by atoms with Crippen LogP contribution in [0.4, 0.5) is 22.7 Å². The monoisotopic (exact) mass is 516 g/mol. The van der Waals surface area contributed by atoms with E-state index in [-0.39, 0.29) is 16.2 Å². The second-order valence-corrected chi connectivity index (χ2v) is 15.7. The van der Waals surface area contributed by atoms with Crippen LogP contribution in [-0.4, -0.2) is 19.8 Å². The number of nitrogens with zero attached hydrogens (tertiary/aromatic N) is 2. The van der Waals surface area contributed by atoms with Crippen LogP contribution in [0.2, 0.25) is 0 Å². The molecule has 7 rings (SSSR count). The molecule has 0 aliphatic carbocycles. The Bertz CT molecular complexity index is 1420. The lowest BCUT2D eigenvalue weighted by molar-refractivity contribution is 0.576. The molecular formula is C36H45BN2. The Morgan fingerprint density at radius 3 is 1.41 bits per heavy atom. The average Bonchev–Trinajstić information content (AvgIpc) is 2.86. The molecular weight excluding hydrogens is 471 g/mol. The van der Waals surface area contributed by atoms with Crippen molar-refractivity contribution in [3.8, 4) is 0 Å². The van der Waals surface area contributed by atoms with Gasteiger partial charge in [-0.1, -0.05) is 86.6 Å². The number of hydrogen-bond acceptors (Lipinski definition) is 2. The van der Waals surface area contributed by atoms with Crippen molar-refractivity contribution in [2.45, 2.75) is 104 Å². The number of benzene rings is 3. The molecule has 0 saturated heterocycles. The lowest BCUT2D eigenvalue weighted by Crippen LogP contribution is -2.64. The van der Waals surface area contributed by atoms with Crippen LogP contribution in [0.1, 0.15) is 103 Å². The third-order valence-electron chi connectivity index (χ3n) is 9.90. The zero-order valence-electron chi connectivity index (χ0n) is 25.7. The molecule has 4 aliphatic rings. The number of anilines is 4. The standard InChI is InChI=1S/C36H45BN2/c1-34(2,3)22-20-29-31-30(21-22)39-19-11-13-24-26(36(7,8)9)15-17-28(33(24)39)37(31)27-16-14-25(35(4,5)6)23-12-10-18-38(29)32(23)27/h14-17,20-21H,10-13,18-19H2,1-9H3. The fourth-order valence-corrected chi connectivity index (χ4v) is 8.13. The van der Waals surface area contributed by atoms with Gasteiger partial charge in [0.2, 0.25) is 0 Å². The Hall–Kier alpha value is -2.68. The fraction of sp³-hybridized carbons (Fsp3) is 0.500. The van der Waals surface area contributed by atoms with E-state index in [1.807, 2.05) is 0 Å². The summed E-state index contributed by atoms with van der Waals surface area (Å²) < 4.78 is 0. The first kappa shape index (κ1) is 25.3. The molecule has 0 fully saturated rings. The van der Waals surface area contributed by atoms with E-state index in [1.165, 1.54) is 76.0 Å². The van der Waals surface area contributed by atoms with Gasteiger partial charge in [-0.3, -0.25) is 0 Å². The molecule has 3 aromatic carbocycles. The second-order valence-electron chi connectivity index (χ2n) is 15.7. The van der Waals surface area contributed by atoms with Crippen LogP contribution < -0.4 is 26.2 Å². The number of fused-ring (bicyclic) bond motifs is 4. The van der Waals surface area contributed by atoms with E-state index in [0.717, 1.165) is 13.1 Å². The summed E-state index contributed by atoms with van der Waals surface area (Å²) in [6.07, 6.45) is 4.82. The molecule has 4 aliphatic heterocycles. The van der Waals surface area contributed by atoms with Crippen LogP contribution in [0.3, 0.4) is 0 Å². The molecule has 0 aromatic heterocycles. The van der Waals surface area contributed by atoms with Gasteiger partial charge in [-0.25, -0.2) is 0 Å². The predicted octanol–water partition coefficient (Wildman–Crippen LogP) is 6.89. The number of rotatable bonds is 0. The maximum atomic E-state index is 2.73. The molecule has 202 valence electrons. The Morgan fingerprint density at radius 2 is 1.03 bits per heavy atom. The van der Waals surface area contributed by atoms with Gasteiger partial charge in [0.05, 0.1) is 0 Å². The summed E-state index contributed by atoms with van der Waals surface area (Å²) in [7, 11) is 0. The van der Waals surface area contributed by atoms with Gasteiger partial charge in [0.1, 0.15) is 0 Å². The van der Waals surface area contributed by atoms with Crippen molar-refractivity contribution in [2.24, 2.45) is 0 Å². The first-order valence-electron chi connectivity index (χ1n) is 15.3. The summed E-state index contributed by atoms with van der Waals surface area (Å²) in [6, 6.07) is 15.1. The minimum absolute atomic E-state index is 0.0966. The normalized spacial score (nSPS) is 17.6. The molecule has 0 unspecified atom stereocenters. The molecule has 3 aromatic rings. The van der Waals surface area contributed by atoms with E-state index in [9.17, 15) is 0 Å². The Balaban J connectivity index is 1.60. The minimum atomic E-state index is 0.0966. The highest BCUT2D eigenvalue weighted by Gasteiger charge is 2.46. The summed E-state index contributed by atoms with van der Waals surface area (Å²) in [5.74, 6) is 0. The van der Waals surface area contributed by atoms with Crippen LogP contribution in [0, 0.1) is 0 Å². The quantitative estimate of drug-likeness (QED) is 0.300. The van der Waals surface area contributed by atoms with E-state index in [0.29, 0.717) is 6.71 Å². The Labute approximate surface area is 236 Å². The number of hydrogen-bond donors (Lipinski definition) is 0. The van der Waals surface area contributed by atoms with Crippen molar-refractivity contribution in [1.82, 2.24) is 0 Å². The van der Waals surface area contributed by atoms with Gasteiger partial charge in [0.25, 0.3) is 6.71 Å². The summed E-state index contributed by atoms with van der Waals surface area (Å²) >= 11 is 0. The molecule has 0 N–H and O–H groups in total. The largest absolute Gasteiger partial charge is 0.342 e. The van der Waals surface area contributed by atoms with Crippen molar-refractivity contribution in [3.05, 3.63) is 64.2 Å². The molecule has 0 bridgehead atoms. The first-order valence-corrected chi connectivity index (χ1v) is 15.3. The van der Waals surface area contributed by atoms with Crippen molar-refractivity contribution in [1.29, 1.82) is 0 Å². The maximum absolute atomic E-state index is 2.73. The zero-order valence-corrected chi connectivity index (χ0v) is 25.7. The molecule has 4 heterocycles. The topological polar surface area (TPSA) is 6.48 Å². The SMILES string of the molecule is CC(C)(C)c1cc2c3c(c1)N1CCCc4c(C(C)(C)C)ccc(c41)B3c1ccc(C(C)(C)C)c3c1N2CCC3. The molecule has 0 spiro atoms. The molecule has 0 radical (unpaired) electrons. The van der Waals surface area contributed by atoms with Gasteiger partial charge >= 0.3 is 0 Å². The lowest BCUT2D eigenvalue weighted by atomic mass is 9.32. The van der Waals surface area contributed by atoms with Crippen molar-refractivity contribution < 1.29 is 0 Å². The van der Waals surface area contributed by atoms with Crippen molar-refractivity contribution in [3.63, 3.8) is 0 Å². The van der Waals surface area contributed by atoms with E-state index in [1.54, 1.807) is 16.6 Å². The van der Waals surface area contributed by atoms with Crippen LogP contribution in [-0.2, 0) is 29.1 Å². The minimum Gasteiger partial charge on any atom is -0.342 e. The van der Waals surface area contributed by atoms with Crippen LogP contribution in [0.5, 0.6) is 0 Å². The summed E-state index contributed by atoms with van der Waals surface area (Å²) in [6.45, 7) is 24.0. The molecule has 0 saturated carbocycles.